The van der Waals surface area contributed by atoms with E-state index >= 15 is 0 Å². The zero-order valence-corrected chi connectivity index (χ0v) is 16.2. The zero-order valence-electron chi connectivity index (χ0n) is 15.4. The molecule has 0 unspecified atom stereocenters. The summed E-state index contributed by atoms with van der Waals surface area (Å²) < 4.78 is 7.22. The zero-order chi connectivity index (χ0) is 17.9. The molecule has 2 N–H and O–H groups in total. The van der Waals surface area contributed by atoms with E-state index in [-0.39, 0.29) is 18.3 Å². The molecule has 1 aliphatic heterocycles. The Balaban J connectivity index is 0.00000243. The van der Waals surface area contributed by atoms with Gasteiger partial charge < -0.3 is 15.4 Å². The van der Waals surface area contributed by atoms with Gasteiger partial charge in [0.15, 0.2) is 5.69 Å². The normalized spacial score (nSPS) is 15.2. The van der Waals surface area contributed by atoms with Crippen LogP contribution in [0.2, 0.25) is 0 Å². The van der Waals surface area contributed by atoms with Crippen LogP contribution in [0.5, 0.6) is 5.75 Å². The molecule has 1 aromatic heterocycles. The van der Waals surface area contributed by atoms with Gasteiger partial charge in [0.1, 0.15) is 5.75 Å². The Labute approximate surface area is 159 Å². The number of hydrogen-bond donors (Lipinski definition) is 2. The highest BCUT2D eigenvalue weighted by Crippen LogP contribution is 2.29. The first-order valence-corrected chi connectivity index (χ1v) is 8.60. The Kier molecular flexibility index (Phi) is 6.61. The largest absolute Gasteiger partial charge is 0.496 e. The predicted octanol–water partition coefficient (Wildman–Crippen LogP) is 2.30. The summed E-state index contributed by atoms with van der Waals surface area (Å²) in [4.78, 5) is 12.6. The van der Waals surface area contributed by atoms with Crippen LogP contribution in [-0.4, -0.2) is 41.1 Å². The SMILES string of the molecule is COc1ccccc1C(C)(C)NC(=O)c1cn(C2CCNCC2)nn1.Cl. The third kappa shape index (κ3) is 4.34. The number of carbonyl (C=O) groups is 1. The Hall–Kier alpha value is -2.12. The van der Waals surface area contributed by atoms with Crippen molar-refractivity contribution in [3.05, 3.63) is 41.7 Å². The molecule has 0 aliphatic carbocycles. The summed E-state index contributed by atoms with van der Waals surface area (Å²) in [5, 5.41) is 14.6. The van der Waals surface area contributed by atoms with Gasteiger partial charge in [-0.25, -0.2) is 4.68 Å². The van der Waals surface area contributed by atoms with E-state index in [2.05, 4.69) is 20.9 Å². The van der Waals surface area contributed by atoms with Gasteiger partial charge in [0.2, 0.25) is 0 Å². The standard InChI is InChI=1S/C18H25N5O2.ClH/c1-18(2,14-6-4-5-7-16(14)25-3)20-17(24)15-12-23(22-21-15)13-8-10-19-11-9-13;/h4-7,12-13,19H,8-11H2,1-3H3,(H,20,24);1H. The molecular weight excluding hydrogens is 354 g/mol. The number of nitrogens with zero attached hydrogens (tertiary/aromatic N) is 3. The van der Waals surface area contributed by atoms with Gasteiger partial charge in [-0.1, -0.05) is 23.4 Å². The summed E-state index contributed by atoms with van der Waals surface area (Å²) in [5.74, 6) is 0.502. The first-order chi connectivity index (χ1) is 12.0. The molecule has 1 fully saturated rings. The van der Waals surface area contributed by atoms with Crippen molar-refractivity contribution >= 4 is 18.3 Å². The number of amides is 1. The van der Waals surface area contributed by atoms with Crippen molar-refractivity contribution in [2.75, 3.05) is 20.2 Å². The van der Waals surface area contributed by atoms with Crippen molar-refractivity contribution in [2.45, 2.75) is 38.3 Å². The van der Waals surface area contributed by atoms with Gasteiger partial charge in [0.05, 0.1) is 24.9 Å². The van der Waals surface area contributed by atoms with Crippen LogP contribution in [0.1, 0.15) is 48.8 Å². The summed E-state index contributed by atoms with van der Waals surface area (Å²) in [7, 11) is 1.63. The van der Waals surface area contributed by atoms with Crippen LogP contribution in [-0.2, 0) is 5.54 Å². The predicted molar refractivity (Wildman–Crippen MR) is 102 cm³/mol. The number of benzene rings is 1. The van der Waals surface area contributed by atoms with E-state index in [0.717, 1.165) is 37.2 Å². The molecule has 0 bridgehead atoms. The van der Waals surface area contributed by atoms with Gasteiger partial charge in [0.25, 0.3) is 5.91 Å². The van der Waals surface area contributed by atoms with Gasteiger partial charge in [0, 0.05) is 5.56 Å². The number of hydrogen-bond acceptors (Lipinski definition) is 5. The lowest BCUT2D eigenvalue weighted by Gasteiger charge is -2.28. The fourth-order valence-electron chi connectivity index (χ4n) is 3.21. The second-order valence-corrected chi connectivity index (χ2v) is 6.84. The van der Waals surface area contributed by atoms with E-state index in [9.17, 15) is 4.79 Å². The highest BCUT2D eigenvalue weighted by Gasteiger charge is 2.28. The number of nitrogens with one attached hydrogen (secondary N) is 2. The van der Waals surface area contributed by atoms with E-state index in [4.69, 9.17) is 4.74 Å². The molecule has 26 heavy (non-hydrogen) atoms. The van der Waals surface area contributed by atoms with Crippen molar-refractivity contribution in [3.8, 4) is 5.75 Å². The molecule has 2 heterocycles. The van der Waals surface area contributed by atoms with E-state index in [1.165, 1.54) is 0 Å². The van der Waals surface area contributed by atoms with Gasteiger partial charge in [-0.2, -0.15) is 0 Å². The highest BCUT2D eigenvalue weighted by atomic mass is 35.5. The number of aromatic nitrogens is 3. The number of halogens is 1. The summed E-state index contributed by atoms with van der Waals surface area (Å²) in [5.41, 5.74) is 0.653. The van der Waals surface area contributed by atoms with Gasteiger partial charge in [-0.3, -0.25) is 4.79 Å². The van der Waals surface area contributed by atoms with Crippen LogP contribution in [0.15, 0.2) is 30.5 Å². The molecule has 1 aliphatic rings. The molecule has 0 radical (unpaired) electrons. The number of ether oxygens (including phenoxy) is 1. The van der Waals surface area contributed by atoms with Crippen LogP contribution in [0.4, 0.5) is 0 Å². The maximum atomic E-state index is 12.6. The van der Waals surface area contributed by atoms with Crippen molar-refractivity contribution < 1.29 is 9.53 Å². The minimum atomic E-state index is -0.595. The molecule has 2 aromatic rings. The smallest absolute Gasteiger partial charge is 0.274 e. The van der Waals surface area contributed by atoms with Crippen LogP contribution in [0, 0.1) is 0 Å². The second-order valence-electron chi connectivity index (χ2n) is 6.84. The minimum absolute atomic E-state index is 0. The molecule has 0 spiro atoms. The molecule has 0 saturated carbocycles. The van der Waals surface area contributed by atoms with Crippen molar-refractivity contribution in [1.29, 1.82) is 0 Å². The molecule has 7 nitrogen and oxygen atoms in total. The number of methoxy groups -OCH3 is 1. The summed E-state index contributed by atoms with van der Waals surface area (Å²) in [6.45, 7) is 5.82. The average Bonchev–Trinajstić information content (AvgIpc) is 3.12. The third-order valence-corrected chi connectivity index (χ3v) is 4.63. The summed E-state index contributed by atoms with van der Waals surface area (Å²) in [6.07, 6.45) is 3.73. The molecule has 8 heteroatoms. The van der Waals surface area contributed by atoms with Crippen molar-refractivity contribution in [2.24, 2.45) is 0 Å². The lowest BCUT2D eigenvalue weighted by molar-refractivity contribution is 0.0906. The maximum absolute atomic E-state index is 12.6. The molecule has 142 valence electrons. The summed E-state index contributed by atoms with van der Waals surface area (Å²) >= 11 is 0. The van der Waals surface area contributed by atoms with Crippen LogP contribution in [0.3, 0.4) is 0 Å². The Morgan fingerprint density at radius 2 is 2.00 bits per heavy atom. The Morgan fingerprint density at radius 3 is 2.69 bits per heavy atom. The lowest BCUT2D eigenvalue weighted by Crippen LogP contribution is -2.41. The summed E-state index contributed by atoms with van der Waals surface area (Å²) in [6, 6.07) is 7.98. The molecule has 1 saturated heterocycles. The number of rotatable bonds is 5. The fraction of sp³-hybridized carbons (Fsp3) is 0.500. The third-order valence-electron chi connectivity index (χ3n) is 4.63. The van der Waals surface area contributed by atoms with Crippen LogP contribution < -0.4 is 15.4 Å². The quantitative estimate of drug-likeness (QED) is 0.833. The molecule has 3 rings (SSSR count). The van der Waals surface area contributed by atoms with Gasteiger partial charge >= 0.3 is 0 Å². The Bertz CT molecular complexity index is 741. The number of para-hydroxylation sites is 1. The van der Waals surface area contributed by atoms with Crippen LogP contribution >= 0.6 is 12.4 Å². The molecule has 0 atom stereocenters. The maximum Gasteiger partial charge on any atom is 0.274 e. The van der Waals surface area contributed by atoms with E-state index < -0.39 is 5.54 Å². The molecule has 1 aromatic carbocycles. The van der Waals surface area contributed by atoms with E-state index in [1.807, 2.05) is 42.8 Å². The van der Waals surface area contributed by atoms with Gasteiger partial charge in [-0.05, 0) is 45.8 Å². The second kappa shape index (κ2) is 8.51. The molecular formula is C18H26ClN5O2. The monoisotopic (exact) mass is 379 g/mol. The Morgan fingerprint density at radius 1 is 1.31 bits per heavy atom. The van der Waals surface area contributed by atoms with Crippen molar-refractivity contribution in [3.63, 3.8) is 0 Å². The fourth-order valence-corrected chi connectivity index (χ4v) is 3.21. The first-order valence-electron chi connectivity index (χ1n) is 8.60. The number of piperidine rings is 1. The van der Waals surface area contributed by atoms with Crippen LogP contribution in [0.25, 0.3) is 0 Å². The van der Waals surface area contributed by atoms with E-state index in [1.54, 1.807) is 13.3 Å². The minimum Gasteiger partial charge on any atom is -0.496 e. The topological polar surface area (TPSA) is 81.1 Å². The van der Waals surface area contributed by atoms with E-state index in [0.29, 0.717) is 11.7 Å². The lowest BCUT2D eigenvalue weighted by atomic mass is 9.93. The molecule has 1 amide bonds. The number of carbonyl (C=O) groups excluding carboxylic acids is 1. The first kappa shape index (κ1) is 20.2. The highest BCUT2D eigenvalue weighted by molar-refractivity contribution is 5.92. The van der Waals surface area contributed by atoms with Gasteiger partial charge in [-0.15, -0.1) is 17.5 Å². The van der Waals surface area contributed by atoms with Crippen molar-refractivity contribution in [1.82, 2.24) is 25.6 Å². The average molecular weight is 380 g/mol.